The molecule has 94 valence electrons. The van der Waals surface area contributed by atoms with E-state index in [9.17, 15) is 9.50 Å². The quantitative estimate of drug-likeness (QED) is 0.880. The number of aromatic nitrogens is 3. The summed E-state index contributed by atoms with van der Waals surface area (Å²) in [5.41, 5.74) is 2.71. The maximum Gasteiger partial charge on any atom is 0.143 e. The second-order valence-corrected chi connectivity index (χ2v) is 4.51. The zero-order valence-electron chi connectivity index (χ0n) is 9.93. The Hall–Kier alpha value is -1.75. The molecule has 3 rings (SSSR count). The number of imidazole rings is 1. The first-order chi connectivity index (χ1) is 8.79. The highest BCUT2D eigenvalue weighted by molar-refractivity contribution is 5.37. The van der Waals surface area contributed by atoms with Gasteiger partial charge in [-0.15, -0.1) is 0 Å². The van der Waals surface area contributed by atoms with Crippen molar-refractivity contribution in [3.8, 4) is 5.82 Å². The second-order valence-electron chi connectivity index (χ2n) is 4.51. The molecule has 18 heavy (non-hydrogen) atoms. The van der Waals surface area contributed by atoms with Crippen LogP contribution in [0.2, 0.25) is 0 Å². The van der Waals surface area contributed by atoms with E-state index in [1.54, 1.807) is 6.33 Å². The van der Waals surface area contributed by atoms with Gasteiger partial charge in [-0.1, -0.05) is 0 Å². The molecular weight excluding hydrogens is 233 g/mol. The Labute approximate surface area is 104 Å². The lowest BCUT2D eigenvalue weighted by atomic mass is 10.0. The van der Waals surface area contributed by atoms with Crippen molar-refractivity contribution in [1.82, 2.24) is 14.5 Å². The first-order valence-corrected chi connectivity index (χ1v) is 6.10. The molecule has 0 bridgehead atoms. The third-order valence-corrected chi connectivity index (χ3v) is 3.34. The molecule has 1 aliphatic rings. The van der Waals surface area contributed by atoms with Gasteiger partial charge in [0.15, 0.2) is 0 Å². The SMILES string of the molecule is OCc1cc(F)cnc1-n1cnc2c1CCCC2. The largest absolute Gasteiger partial charge is 0.392 e. The van der Waals surface area contributed by atoms with Crippen LogP contribution in [-0.4, -0.2) is 19.6 Å². The zero-order chi connectivity index (χ0) is 12.5. The van der Waals surface area contributed by atoms with Crippen LogP contribution < -0.4 is 0 Å². The average Bonchev–Trinajstić information content (AvgIpc) is 2.82. The van der Waals surface area contributed by atoms with Crippen LogP contribution in [-0.2, 0) is 19.4 Å². The van der Waals surface area contributed by atoms with Gasteiger partial charge in [0.05, 0.1) is 18.5 Å². The fraction of sp³-hybridized carbons (Fsp3) is 0.385. The topological polar surface area (TPSA) is 50.9 Å². The van der Waals surface area contributed by atoms with Gasteiger partial charge in [0, 0.05) is 11.3 Å². The van der Waals surface area contributed by atoms with Crippen LogP contribution in [0.15, 0.2) is 18.6 Å². The van der Waals surface area contributed by atoms with Gasteiger partial charge in [0.25, 0.3) is 0 Å². The number of aryl methyl sites for hydroxylation is 1. The Bertz CT molecular complexity index is 580. The normalized spacial score (nSPS) is 14.6. The smallest absolute Gasteiger partial charge is 0.143 e. The van der Waals surface area contributed by atoms with Crippen LogP contribution >= 0.6 is 0 Å². The average molecular weight is 247 g/mol. The molecule has 0 amide bonds. The van der Waals surface area contributed by atoms with E-state index in [4.69, 9.17) is 0 Å². The molecule has 2 heterocycles. The molecule has 1 N–H and O–H groups in total. The Morgan fingerprint density at radius 2 is 2.11 bits per heavy atom. The summed E-state index contributed by atoms with van der Waals surface area (Å²) in [5, 5.41) is 9.31. The molecule has 0 atom stereocenters. The lowest BCUT2D eigenvalue weighted by Crippen LogP contribution is -2.10. The molecule has 1 aliphatic carbocycles. The number of hydrogen-bond acceptors (Lipinski definition) is 3. The van der Waals surface area contributed by atoms with Crippen molar-refractivity contribution < 1.29 is 9.50 Å². The van der Waals surface area contributed by atoms with Crippen LogP contribution in [0.3, 0.4) is 0 Å². The van der Waals surface area contributed by atoms with E-state index >= 15 is 0 Å². The van der Waals surface area contributed by atoms with Crippen molar-refractivity contribution in [1.29, 1.82) is 0 Å². The van der Waals surface area contributed by atoms with Gasteiger partial charge in [-0.2, -0.15) is 0 Å². The van der Waals surface area contributed by atoms with E-state index in [1.165, 1.54) is 12.3 Å². The van der Waals surface area contributed by atoms with Gasteiger partial charge >= 0.3 is 0 Å². The summed E-state index contributed by atoms with van der Waals surface area (Å²) >= 11 is 0. The number of aliphatic hydroxyl groups is 1. The number of fused-ring (bicyclic) bond motifs is 1. The fourth-order valence-electron chi connectivity index (χ4n) is 2.46. The minimum Gasteiger partial charge on any atom is -0.392 e. The molecule has 0 aromatic carbocycles. The highest BCUT2D eigenvalue weighted by Crippen LogP contribution is 2.24. The zero-order valence-corrected chi connectivity index (χ0v) is 9.93. The van der Waals surface area contributed by atoms with Crippen molar-refractivity contribution in [2.75, 3.05) is 0 Å². The van der Waals surface area contributed by atoms with Crippen molar-refractivity contribution in [3.05, 3.63) is 41.4 Å². The molecule has 2 aromatic heterocycles. The summed E-state index contributed by atoms with van der Waals surface area (Å²) in [6.07, 6.45) is 7.12. The molecule has 0 radical (unpaired) electrons. The van der Waals surface area contributed by atoms with E-state index in [2.05, 4.69) is 9.97 Å². The number of halogens is 1. The molecule has 5 heteroatoms. The van der Waals surface area contributed by atoms with Crippen LogP contribution in [0.5, 0.6) is 0 Å². The summed E-state index contributed by atoms with van der Waals surface area (Å²) in [4.78, 5) is 8.47. The first kappa shape index (κ1) is 11.3. The predicted octanol–water partition coefficient (Wildman–Crippen LogP) is 1.78. The Morgan fingerprint density at radius 1 is 1.28 bits per heavy atom. The minimum atomic E-state index is -0.434. The molecule has 2 aromatic rings. The third-order valence-electron chi connectivity index (χ3n) is 3.34. The van der Waals surface area contributed by atoms with Crippen LogP contribution in [0.25, 0.3) is 5.82 Å². The van der Waals surface area contributed by atoms with Crippen molar-refractivity contribution in [2.24, 2.45) is 0 Å². The lowest BCUT2D eigenvalue weighted by Gasteiger charge is -2.15. The molecule has 0 aliphatic heterocycles. The second kappa shape index (κ2) is 4.49. The lowest BCUT2D eigenvalue weighted by molar-refractivity contribution is 0.280. The minimum absolute atomic E-state index is 0.229. The van der Waals surface area contributed by atoms with Gasteiger partial charge in [-0.3, -0.25) is 4.57 Å². The van der Waals surface area contributed by atoms with E-state index in [0.717, 1.165) is 37.1 Å². The van der Waals surface area contributed by atoms with Crippen LogP contribution in [0, 0.1) is 5.82 Å². The van der Waals surface area contributed by atoms with E-state index in [1.807, 2.05) is 4.57 Å². The highest BCUT2D eigenvalue weighted by atomic mass is 19.1. The number of nitrogens with zero attached hydrogens (tertiary/aromatic N) is 3. The fourth-order valence-corrected chi connectivity index (χ4v) is 2.46. The molecule has 0 spiro atoms. The third kappa shape index (κ3) is 1.80. The Morgan fingerprint density at radius 3 is 2.94 bits per heavy atom. The Balaban J connectivity index is 2.12. The van der Waals surface area contributed by atoms with Gasteiger partial charge in [0.2, 0.25) is 0 Å². The molecule has 0 saturated heterocycles. The van der Waals surface area contributed by atoms with Crippen molar-refractivity contribution >= 4 is 0 Å². The first-order valence-electron chi connectivity index (χ1n) is 6.10. The van der Waals surface area contributed by atoms with Crippen molar-refractivity contribution in [3.63, 3.8) is 0 Å². The number of rotatable bonds is 2. The summed E-state index contributed by atoms with van der Waals surface area (Å²) in [6, 6.07) is 1.32. The molecular formula is C13H14FN3O. The van der Waals surface area contributed by atoms with E-state index in [-0.39, 0.29) is 6.61 Å². The molecule has 0 unspecified atom stereocenters. The van der Waals surface area contributed by atoms with E-state index < -0.39 is 5.82 Å². The van der Waals surface area contributed by atoms with Crippen LogP contribution in [0.1, 0.15) is 29.8 Å². The van der Waals surface area contributed by atoms with Gasteiger partial charge in [0.1, 0.15) is 18.0 Å². The summed E-state index contributed by atoms with van der Waals surface area (Å²) in [5.74, 6) is 0.145. The molecule has 0 saturated carbocycles. The van der Waals surface area contributed by atoms with E-state index in [0.29, 0.717) is 11.4 Å². The number of aliphatic hydroxyl groups excluding tert-OH is 1. The monoisotopic (exact) mass is 247 g/mol. The van der Waals surface area contributed by atoms with Gasteiger partial charge in [-0.05, 0) is 31.7 Å². The molecule has 4 nitrogen and oxygen atoms in total. The summed E-state index contributed by atoms with van der Waals surface area (Å²) < 4.78 is 15.0. The Kier molecular flexibility index (Phi) is 2.83. The number of pyridine rings is 1. The number of hydrogen-bond donors (Lipinski definition) is 1. The van der Waals surface area contributed by atoms with Crippen LogP contribution in [0.4, 0.5) is 4.39 Å². The summed E-state index contributed by atoms with van der Waals surface area (Å²) in [7, 11) is 0. The highest BCUT2D eigenvalue weighted by Gasteiger charge is 2.18. The molecule has 0 fully saturated rings. The summed E-state index contributed by atoms with van der Waals surface area (Å²) in [6.45, 7) is -0.229. The van der Waals surface area contributed by atoms with Crippen molar-refractivity contribution in [2.45, 2.75) is 32.3 Å². The maximum absolute atomic E-state index is 13.1. The van der Waals surface area contributed by atoms with Gasteiger partial charge in [-0.25, -0.2) is 14.4 Å². The predicted molar refractivity (Wildman–Crippen MR) is 63.9 cm³/mol. The maximum atomic E-state index is 13.1. The standard InChI is InChI=1S/C13H14FN3O/c14-10-5-9(7-18)13(15-6-10)17-8-16-11-3-1-2-4-12(11)17/h5-6,8,18H,1-4,7H2. The van der Waals surface area contributed by atoms with Gasteiger partial charge < -0.3 is 5.11 Å².